The van der Waals surface area contributed by atoms with Crippen molar-refractivity contribution < 1.29 is 9.13 Å². The fraction of sp³-hybridized carbons (Fsp3) is 0.250. The quantitative estimate of drug-likeness (QED) is 0.677. The van der Waals surface area contributed by atoms with Crippen molar-refractivity contribution in [2.24, 2.45) is 0 Å². The first-order valence-electron chi connectivity index (χ1n) is 3.43. The molecule has 4 heteroatoms. The lowest BCUT2D eigenvalue weighted by Crippen LogP contribution is -1.94. The van der Waals surface area contributed by atoms with E-state index >= 15 is 0 Å². The molecule has 0 atom stereocenters. The molecule has 0 saturated carbocycles. The maximum absolute atomic E-state index is 12.8. The van der Waals surface area contributed by atoms with E-state index in [1.165, 1.54) is 12.1 Å². The van der Waals surface area contributed by atoms with Gasteiger partial charge in [0.1, 0.15) is 10.8 Å². The van der Waals surface area contributed by atoms with E-state index in [-0.39, 0.29) is 10.8 Å². The van der Waals surface area contributed by atoms with Crippen LogP contribution in [0.3, 0.4) is 0 Å². The second kappa shape index (κ2) is 3.97. The van der Waals surface area contributed by atoms with E-state index in [1.807, 2.05) is 0 Å². The molecule has 0 amide bonds. The summed E-state index contributed by atoms with van der Waals surface area (Å²) >= 11 is 11.3. The maximum atomic E-state index is 12.8. The smallest absolute Gasteiger partial charge is 0.159 e. The highest BCUT2D eigenvalue weighted by Crippen LogP contribution is 2.34. The van der Waals surface area contributed by atoms with Gasteiger partial charge in [0.05, 0.1) is 11.6 Å². The molecule has 0 N–H and O–H groups in total. The van der Waals surface area contributed by atoms with Crippen LogP contribution in [-0.4, -0.2) is 6.61 Å². The highest BCUT2D eigenvalue weighted by molar-refractivity contribution is 6.37. The van der Waals surface area contributed by atoms with Crippen LogP contribution in [0.5, 0.6) is 5.75 Å². The van der Waals surface area contributed by atoms with Crippen molar-refractivity contribution in [3.63, 3.8) is 0 Å². The Morgan fingerprint density at radius 2 is 2.08 bits per heavy atom. The Hall–Kier alpha value is -0.470. The standard InChI is InChI=1S/C8H7Cl2FO/c1-2-12-8-5(9)3-4-6(11)7(8)10/h3-4H,2H2,1H3. The lowest BCUT2D eigenvalue weighted by molar-refractivity contribution is 0.338. The second-order valence-electron chi connectivity index (χ2n) is 2.11. The number of rotatable bonds is 2. The minimum absolute atomic E-state index is 0.0654. The van der Waals surface area contributed by atoms with Crippen molar-refractivity contribution in [3.05, 3.63) is 28.0 Å². The summed E-state index contributed by atoms with van der Waals surface area (Å²) in [6, 6.07) is 2.61. The highest BCUT2D eigenvalue weighted by atomic mass is 35.5. The van der Waals surface area contributed by atoms with Crippen LogP contribution in [0.15, 0.2) is 12.1 Å². The van der Waals surface area contributed by atoms with Gasteiger partial charge in [-0.3, -0.25) is 0 Å². The molecule has 1 rings (SSSR count). The van der Waals surface area contributed by atoms with E-state index in [0.717, 1.165) is 0 Å². The number of hydrogen-bond donors (Lipinski definition) is 0. The molecule has 0 radical (unpaired) electrons. The zero-order chi connectivity index (χ0) is 9.14. The zero-order valence-electron chi connectivity index (χ0n) is 6.40. The molecular weight excluding hydrogens is 202 g/mol. The normalized spacial score (nSPS) is 10.0. The van der Waals surface area contributed by atoms with E-state index in [1.54, 1.807) is 6.92 Å². The minimum Gasteiger partial charge on any atom is -0.491 e. The summed E-state index contributed by atoms with van der Waals surface area (Å²) in [4.78, 5) is 0. The Bertz CT molecular complexity index is 289. The molecular formula is C8H7Cl2FO. The van der Waals surface area contributed by atoms with Gasteiger partial charge in [0.25, 0.3) is 0 Å². The van der Waals surface area contributed by atoms with Gasteiger partial charge in [-0.1, -0.05) is 23.2 Å². The molecule has 1 aromatic rings. The Morgan fingerprint density at radius 1 is 1.42 bits per heavy atom. The third-order valence-corrected chi connectivity index (χ3v) is 1.94. The van der Waals surface area contributed by atoms with Crippen molar-refractivity contribution in [1.82, 2.24) is 0 Å². The monoisotopic (exact) mass is 208 g/mol. The van der Waals surface area contributed by atoms with Gasteiger partial charge >= 0.3 is 0 Å². The largest absolute Gasteiger partial charge is 0.491 e. The maximum Gasteiger partial charge on any atom is 0.159 e. The van der Waals surface area contributed by atoms with Gasteiger partial charge in [-0.2, -0.15) is 0 Å². The molecule has 0 saturated heterocycles. The molecule has 0 bridgehead atoms. The average molecular weight is 209 g/mol. The Kier molecular flexibility index (Phi) is 3.18. The van der Waals surface area contributed by atoms with Crippen LogP contribution in [0.25, 0.3) is 0 Å². The van der Waals surface area contributed by atoms with Crippen LogP contribution in [0.2, 0.25) is 10.0 Å². The van der Waals surface area contributed by atoms with Crippen molar-refractivity contribution in [2.75, 3.05) is 6.61 Å². The molecule has 66 valence electrons. The van der Waals surface area contributed by atoms with Crippen LogP contribution in [0.1, 0.15) is 6.92 Å². The van der Waals surface area contributed by atoms with Gasteiger partial charge in [-0.15, -0.1) is 0 Å². The van der Waals surface area contributed by atoms with Crippen molar-refractivity contribution >= 4 is 23.2 Å². The number of benzene rings is 1. The van der Waals surface area contributed by atoms with E-state index in [0.29, 0.717) is 11.6 Å². The predicted octanol–water partition coefficient (Wildman–Crippen LogP) is 3.53. The van der Waals surface area contributed by atoms with Crippen LogP contribution in [-0.2, 0) is 0 Å². The molecule has 0 unspecified atom stereocenters. The molecule has 0 aliphatic heterocycles. The van der Waals surface area contributed by atoms with Crippen molar-refractivity contribution in [2.45, 2.75) is 6.92 Å². The summed E-state index contributed by atoms with van der Waals surface area (Å²) in [5, 5.41) is 0.257. The van der Waals surface area contributed by atoms with Crippen LogP contribution >= 0.6 is 23.2 Å². The van der Waals surface area contributed by atoms with Gasteiger partial charge in [0, 0.05) is 0 Å². The summed E-state index contributed by atoms with van der Waals surface area (Å²) in [5.41, 5.74) is 0. The van der Waals surface area contributed by atoms with Crippen LogP contribution in [0, 0.1) is 5.82 Å². The van der Waals surface area contributed by atoms with Crippen LogP contribution < -0.4 is 4.74 Å². The molecule has 0 spiro atoms. The fourth-order valence-corrected chi connectivity index (χ4v) is 1.26. The molecule has 0 aromatic heterocycles. The van der Waals surface area contributed by atoms with Gasteiger partial charge in [0.15, 0.2) is 5.75 Å². The second-order valence-corrected chi connectivity index (χ2v) is 2.89. The molecule has 0 heterocycles. The van der Waals surface area contributed by atoms with Crippen molar-refractivity contribution in [1.29, 1.82) is 0 Å². The van der Waals surface area contributed by atoms with E-state index in [9.17, 15) is 4.39 Å². The third-order valence-electron chi connectivity index (χ3n) is 1.29. The van der Waals surface area contributed by atoms with E-state index in [4.69, 9.17) is 27.9 Å². The lowest BCUT2D eigenvalue weighted by atomic mass is 10.3. The number of ether oxygens (including phenoxy) is 1. The Morgan fingerprint density at radius 3 is 2.67 bits per heavy atom. The Balaban J connectivity index is 3.14. The number of halogens is 3. The highest BCUT2D eigenvalue weighted by Gasteiger charge is 2.10. The van der Waals surface area contributed by atoms with Gasteiger partial charge in [-0.05, 0) is 19.1 Å². The van der Waals surface area contributed by atoms with E-state index in [2.05, 4.69) is 0 Å². The fourth-order valence-electron chi connectivity index (χ4n) is 0.785. The Labute approximate surface area is 80.0 Å². The average Bonchev–Trinajstić information content (AvgIpc) is 2.06. The third kappa shape index (κ3) is 1.82. The zero-order valence-corrected chi connectivity index (χ0v) is 7.92. The molecule has 0 aliphatic rings. The SMILES string of the molecule is CCOc1c(Cl)ccc(F)c1Cl. The van der Waals surface area contributed by atoms with Gasteiger partial charge < -0.3 is 4.74 Å². The minimum atomic E-state index is -0.524. The first kappa shape index (κ1) is 9.62. The molecule has 1 aromatic carbocycles. The predicted molar refractivity (Wildman–Crippen MR) is 47.6 cm³/mol. The lowest BCUT2D eigenvalue weighted by Gasteiger charge is -2.07. The van der Waals surface area contributed by atoms with Gasteiger partial charge in [-0.25, -0.2) is 4.39 Å². The summed E-state index contributed by atoms with van der Waals surface area (Å²) in [6.07, 6.45) is 0. The molecule has 1 nitrogen and oxygen atoms in total. The first-order valence-corrected chi connectivity index (χ1v) is 4.18. The molecule has 0 aliphatic carbocycles. The van der Waals surface area contributed by atoms with Crippen molar-refractivity contribution in [3.8, 4) is 5.75 Å². The summed E-state index contributed by atoms with van der Waals surface area (Å²) < 4.78 is 17.9. The molecule has 0 fully saturated rings. The summed E-state index contributed by atoms with van der Waals surface area (Å²) in [6.45, 7) is 2.18. The summed E-state index contributed by atoms with van der Waals surface area (Å²) in [7, 11) is 0. The summed E-state index contributed by atoms with van der Waals surface area (Å²) in [5.74, 6) is -0.314. The van der Waals surface area contributed by atoms with Gasteiger partial charge in [0.2, 0.25) is 0 Å². The number of hydrogen-bond acceptors (Lipinski definition) is 1. The molecule has 12 heavy (non-hydrogen) atoms. The first-order chi connectivity index (χ1) is 5.66. The van der Waals surface area contributed by atoms with Crippen LogP contribution in [0.4, 0.5) is 4.39 Å². The van der Waals surface area contributed by atoms with E-state index < -0.39 is 5.82 Å². The topological polar surface area (TPSA) is 9.23 Å².